The van der Waals surface area contributed by atoms with Gasteiger partial charge in [-0.05, 0) is 19.3 Å². The van der Waals surface area contributed by atoms with Crippen molar-refractivity contribution >= 4 is 15.8 Å². The lowest BCUT2D eigenvalue weighted by Gasteiger charge is -2.33. The molecule has 0 spiro atoms. The van der Waals surface area contributed by atoms with E-state index in [4.69, 9.17) is 9.47 Å². The molecule has 2 fully saturated rings. The van der Waals surface area contributed by atoms with Gasteiger partial charge in [0.25, 0.3) is 0 Å². The molecule has 0 aromatic rings. The van der Waals surface area contributed by atoms with Gasteiger partial charge in [0, 0.05) is 0 Å². The molecule has 0 amide bonds. The average molecular weight is 248 g/mol. The lowest BCUT2D eigenvalue weighted by Crippen LogP contribution is -2.44. The SMILES string of the molecule is COC(=O)C1(CC2CO2)CCCS(=O)(=O)C1. The minimum absolute atomic E-state index is 0.0346. The number of rotatable bonds is 3. The number of sulfone groups is 1. The Morgan fingerprint density at radius 1 is 1.56 bits per heavy atom. The Morgan fingerprint density at radius 3 is 2.75 bits per heavy atom. The Hall–Kier alpha value is -0.620. The normalized spacial score (nSPS) is 36.7. The zero-order chi connectivity index (χ0) is 11.8. The van der Waals surface area contributed by atoms with E-state index in [0.29, 0.717) is 25.9 Å². The maximum atomic E-state index is 11.8. The Morgan fingerprint density at radius 2 is 2.25 bits per heavy atom. The molecule has 2 heterocycles. The fraction of sp³-hybridized carbons (Fsp3) is 0.900. The average Bonchev–Trinajstić information content (AvgIpc) is 2.98. The van der Waals surface area contributed by atoms with Gasteiger partial charge in [-0.15, -0.1) is 0 Å². The van der Waals surface area contributed by atoms with Crippen molar-refractivity contribution in [1.82, 2.24) is 0 Å². The Labute approximate surface area is 95.0 Å². The van der Waals surface area contributed by atoms with Gasteiger partial charge in [-0.3, -0.25) is 4.79 Å². The summed E-state index contributed by atoms with van der Waals surface area (Å²) in [5, 5.41) is 0. The van der Waals surface area contributed by atoms with E-state index >= 15 is 0 Å². The minimum atomic E-state index is -3.12. The van der Waals surface area contributed by atoms with Crippen LogP contribution in [-0.2, 0) is 24.1 Å². The summed E-state index contributed by atoms with van der Waals surface area (Å²) in [5.74, 6) is -0.324. The summed E-state index contributed by atoms with van der Waals surface area (Å²) in [4.78, 5) is 11.8. The summed E-state index contributed by atoms with van der Waals surface area (Å²) in [6.07, 6.45) is 1.62. The van der Waals surface area contributed by atoms with Crippen LogP contribution in [0.3, 0.4) is 0 Å². The smallest absolute Gasteiger partial charge is 0.312 e. The van der Waals surface area contributed by atoms with Crippen molar-refractivity contribution in [2.75, 3.05) is 25.2 Å². The predicted octanol–water partition coefficient (Wildman–Crippen LogP) is 0.143. The molecular weight excluding hydrogens is 232 g/mol. The number of hydrogen-bond acceptors (Lipinski definition) is 5. The lowest BCUT2D eigenvalue weighted by molar-refractivity contribution is -0.152. The van der Waals surface area contributed by atoms with Crippen molar-refractivity contribution < 1.29 is 22.7 Å². The zero-order valence-corrected chi connectivity index (χ0v) is 10.1. The molecule has 5 nitrogen and oxygen atoms in total. The number of ether oxygens (including phenoxy) is 2. The highest BCUT2D eigenvalue weighted by atomic mass is 32.2. The van der Waals surface area contributed by atoms with Crippen LogP contribution in [0.1, 0.15) is 19.3 Å². The second-order valence-electron chi connectivity index (χ2n) is 4.63. The van der Waals surface area contributed by atoms with E-state index < -0.39 is 21.2 Å². The number of hydrogen-bond donors (Lipinski definition) is 0. The molecule has 2 rings (SSSR count). The minimum Gasteiger partial charge on any atom is -0.469 e. The third-order valence-corrected chi connectivity index (χ3v) is 5.15. The van der Waals surface area contributed by atoms with Crippen LogP contribution in [0.5, 0.6) is 0 Å². The third kappa shape index (κ3) is 2.38. The molecule has 0 N–H and O–H groups in total. The Balaban J connectivity index is 2.21. The van der Waals surface area contributed by atoms with Crippen LogP contribution in [0.15, 0.2) is 0 Å². The zero-order valence-electron chi connectivity index (χ0n) is 9.27. The van der Waals surface area contributed by atoms with Crippen LogP contribution in [0, 0.1) is 5.41 Å². The second-order valence-corrected chi connectivity index (χ2v) is 6.81. The fourth-order valence-electron chi connectivity index (χ4n) is 2.44. The molecule has 0 aliphatic carbocycles. The van der Waals surface area contributed by atoms with Crippen LogP contribution >= 0.6 is 0 Å². The Kier molecular flexibility index (Phi) is 2.96. The molecule has 2 saturated heterocycles. The highest BCUT2D eigenvalue weighted by Crippen LogP contribution is 2.40. The summed E-state index contributed by atoms with van der Waals surface area (Å²) >= 11 is 0. The van der Waals surface area contributed by atoms with E-state index in [9.17, 15) is 13.2 Å². The van der Waals surface area contributed by atoms with Gasteiger partial charge in [0.1, 0.15) is 0 Å². The van der Waals surface area contributed by atoms with Gasteiger partial charge in [0.05, 0.1) is 36.7 Å². The second kappa shape index (κ2) is 4.00. The predicted molar refractivity (Wildman–Crippen MR) is 56.7 cm³/mol. The van der Waals surface area contributed by atoms with Crippen molar-refractivity contribution in [3.63, 3.8) is 0 Å². The fourth-order valence-corrected chi connectivity index (χ4v) is 4.39. The largest absolute Gasteiger partial charge is 0.469 e. The number of carbonyl (C=O) groups is 1. The van der Waals surface area contributed by atoms with Gasteiger partial charge in [-0.25, -0.2) is 8.42 Å². The monoisotopic (exact) mass is 248 g/mol. The van der Waals surface area contributed by atoms with Crippen LogP contribution in [0.25, 0.3) is 0 Å². The molecule has 2 unspecified atom stereocenters. The van der Waals surface area contributed by atoms with E-state index in [-0.39, 0.29) is 17.6 Å². The first-order valence-corrected chi connectivity index (χ1v) is 7.20. The van der Waals surface area contributed by atoms with Gasteiger partial charge in [-0.1, -0.05) is 0 Å². The molecule has 0 radical (unpaired) electrons. The molecule has 92 valence electrons. The standard InChI is InChI=1S/C10H16O5S/c1-14-9(11)10(5-8-6-15-8)3-2-4-16(12,13)7-10/h8H,2-7H2,1H3. The molecule has 0 aromatic carbocycles. The molecule has 0 saturated carbocycles. The Bertz CT molecular complexity index is 384. The van der Waals surface area contributed by atoms with Crippen molar-refractivity contribution in [2.24, 2.45) is 5.41 Å². The molecular formula is C10H16O5S. The summed E-state index contributed by atoms with van der Waals surface area (Å²) < 4.78 is 33.1. The maximum absolute atomic E-state index is 11.8. The summed E-state index contributed by atoms with van der Waals surface area (Å²) in [7, 11) is -1.82. The van der Waals surface area contributed by atoms with Gasteiger partial charge < -0.3 is 9.47 Å². The molecule has 0 aromatic heterocycles. The van der Waals surface area contributed by atoms with Crippen molar-refractivity contribution in [3.05, 3.63) is 0 Å². The van der Waals surface area contributed by atoms with E-state index in [1.165, 1.54) is 7.11 Å². The summed E-state index contributed by atoms with van der Waals surface area (Å²) in [6, 6.07) is 0. The van der Waals surface area contributed by atoms with Crippen molar-refractivity contribution in [1.29, 1.82) is 0 Å². The number of carbonyl (C=O) groups excluding carboxylic acids is 1. The van der Waals surface area contributed by atoms with Crippen LogP contribution in [0.4, 0.5) is 0 Å². The molecule has 2 atom stereocenters. The lowest BCUT2D eigenvalue weighted by atomic mass is 9.80. The molecule has 0 bridgehead atoms. The van der Waals surface area contributed by atoms with Gasteiger partial charge >= 0.3 is 5.97 Å². The first-order chi connectivity index (χ1) is 7.47. The molecule has 2 aliphatic heterocycles. The molecule has 2 aliphatic rings. The number of methoxy groups -OCH3 is 1. The van der Waals surface area contributed by atoms with Crippen LogP contribution < -0.4 is 0 Å². The summed E-state index contributed by atoms with van der Waals surface area (Å²) in [6.45, 7) is 0.624. The molecule has 16 heavy (non-hydrogen) atoms. The number of epoxide rings is 1. The first kappa shape index (κ1) is 11.9. The van der Waals surface area contributed by atoms with Gasteiger partial charge in [-0.2, -0.15) is 0 Å². The number of esters is 1. The van der Waals surface area contributed by atoms with E-state index in [1.807, 2.05) is 0 Å². The van der Waals surface area contributed by atoms with E-state index in [2.05, 4.69) is 0 Å². The quantitative estimate of drug-likeness (QED) is 0.525. The van der Waals surface area contributed by atoms with Gasteiger partial charge in [0.2, 0.25) is 0 Å². The van der Waals surface area contributed by atoms with E-state index in [0.717, 1.165) is 0 Å². The van der Waals surface area contributed by atoms with Crippen LogP contribution in [-0.4, -0.2) is 45.7 Å². The van der Waals surface area contributed by atoms with Gasteiger partial charge in [0.15, 0.2) is 9.84 Å². The van der Waals surface area contributed by atoms with Crippen molar-refractivity contribution in [2.45, 2.75) is 25.4 Å². The highest BCUT2D eigenvalue weighted by Gasteiger charge is 2.49. The molecule has 6 heteroatoms. The van der Waals surface area contributed by atoms with E-state index in [1.54, 1.807) is 0 Å². The maximum Gasteiger partial charge on any atom is 0.312 e. The topological polar surface area (TPSA) is 73.0 Å². The van der Waals surface area contributed by atoms with Crippen molar-refractivity contribution in [3.8, 4) is 0 Å². The first-order valence-electron chi connectivity index (χ1n) is 5.38. The third-order valence-electron chi connectivity index (χ3n) is 3.25. The highest BCUT2D eigenvalue weighted by molar-refractivity contribution is 7.91. The van der Waals surface area contributed by atoms with Crippen LogP contribution in [0.2, 0.25) is 0 Å². The summed E-state index contributed by atoms with van der Waals surface area (Å²) in [5.41, 5.74) is -0.868.